The fraction of sp³-hybridized carbons (Fsp3) is 0.0588. The molecule has 0 atom stereocenters. The second kappa shape index (κ2) is 5.81. The smallest absolute Gasteiger partial charge is 0.275 e. The van der Waals surface area contributed by atoms with Crippen LogP contribution in [0.1, 0.15) is 11.1 Å². The van der Waals surface area contributed by atoms with Crippen molar-refractivity contribution in [3.05, 3.63) is 71.2 Å². The zero-order chi connectivity index (χ0) is 15.5. The van der Waals surface area contributed by atoms with Crippen LogP contribution < -0.4 is 10.1 Å². The number of nitrogens with zero attached hydrogens (tertiary/aromatic N) is 1. The summed E-state index contributed by atoms with van der Waals surface area (Å²) in [6.07, 6.45) is 1.62. The molecule has 2 aromatic rings. The Hall–Kier alpha value is -2.95. The van der Waals surface area contributed by atoms with Gasteiger partial charge in [-0.2, -0.15) is 0 Å². The molecular weight excluding hydrogens is 283 g/mol. The van der Waals surface area contributed by atoms with E-state index in [0.29, 0.717) is 11.4 Å². The van der Waals surface area contributed by atoms with E-state index in [0.717, 1.165) is 11.3 Å². The molecule has 1 amide bonds. The van der Waals surface area contributed by atoms with Crippen LogP contribution in [0.2, 0.25) is 0 Å². The van der Waals surface area contributed by atoms with E-state index in [1.165, 1.54) is 12.1 Å². The highest BCUT2D eigenvalue weighted by atomic mass is 19.1. The van der Waals surface area contributed by atoms with Gasteiger partial charge < -0.3 is 10.1 Å². The van der Waals surface area contributed by atoms with Gasteiger partial charge in [-0.25, -0.2) is 9.38 Å². The van der Waals surface area contributed by atoms with Gasteiger partial charge in [0.25, 0.3) is 5.91 Å². The Bertz CT molecular complexity index is 762. The molecule has 1 aliphatic heterocycles. The van der Waals surface area contributed by atoms with Crippen molar-refractivity contribution in [1.29, 1.82) is 0 Å². The van der Waals surface area contributed by atoms with E-state index in [1.54, 1.807) is 37.5 Å². The minimum atomic E-state index is -0.319. The molecule has 3 rings (SSSR count). The number of hydrogen-bond acceptors (Lipinski definition) is 3. The molecule has 0 bridgehead atoms. The minimum absolute atomic E-state index is 0.282. The van der Waals surface area contributed by atoms with Crippen LogP contribution in [0.15, 0.2) is 59.2 Å². The second-order valence-electron chi connectivity index (χ2n) is 4.72. The molecule has 0 aromatic heterocycles. The number of hydrogen-bond donors (Lipinski definition) is 1. The molecule has 0 saturated carbocycles. The largest absolute Gasteiger partial charge is 0.497 e. The topological polar surface area (TPSA) is 50.7 Å². The molecule has 1 N–H and O–H groups in total. The van der Waals surface area contributed by atoms with Crippen molar-refractivity contribution in [2.45, 2.75) is 0 Å². The van der Waals surface area contributed by atoms with Crippen molar-refractivity contribution in [1.82, 2.24) is 5.32 Å². The van der Waals surface area contributed by atoms with Crippen molar-refractivity contribution in [2.24, 2.45) is 4.99 Å². The van der Waals surface area contributed by atoms with E-state index in [1.807, 2.05) is 12.1 Å². The van der Waals surface area contributed by atoms with Crippen LogP contribution in [-0.4, -0.2) is 18.9 Å². The first kappa shape index (κ1) is 14.0. The molecule has 0 aliphatic carbocycles. The molecule has 0 unspecified atom stereocenters. The molecule has 0 spiro atoms. The lowest BCUT2D eigenvalue weighted by atomic mass is 10.2. The highest BCUT2D eigenvalue weighted by Crippen LogP contribution is 2.17. The Balaban J connectivity index is 1.88. The Morgan fingerprint density at radius 2 is 1.77 bits per heavy atom. The fourth-order valence-corrected chi connectivity index (χ4v) is 2.07. The molecular formula is C17H13FN2O2. The zero-order valence-corrected chi connectivity index (χ0v) is 11.8. The number of carbonyl (C=O) groups excluding carboxylic acids is 1. The number of ether oxygens (including phenoxy) is 1. The number of nitrogens with one attached hydrogen (secondary N) is 1. The summed E-state index contributed by atoms with van der Waals surface area (Å²) >= 11 is 0. The first-order valence-electron chi connectivity index (χ1n) is 6.67. The number of amidine groups is 1. The van der Waals surface area contributed by atoms with Crippen molar-refractivity contribution in [3.8, 4) is 5.75 Å². The summed E-state index contributed by atoms with van der Waals surface area (Å²) in [5, 5.41) is 2.72. The monoisotopic (exact) mass is 296 g/mol. The van der Waals surface area contributed by atoms with E-state index in [-0.39, 0.29) is 17.4 Å². The standard InChI is InChI=1S/C17H13FN2O2/c1-22-14-8-4-12(5-9-14)16-19-15(17(21)20-16)10-11-2-6-13(18)7-3-11/h2-10H,1H3,(H,19,20,21)/b15-10+. The molecule has 0 saturated heterocycles. The number of aliphatic imine (C=N–C) groups is 1. The Morgan fingerprint density at radius 3 is 2.41 bits per heavy atom. The van der Waals surface area contributed by atoms with Gasteiger partial charge in [-0.1, -0.05) is 12.1 Å². The fourth-order valence-electron chi connectivity index (χ4n) is 2.07. The molecule has 1 aliphatic rings. The van der Waals surface area contributed by atoms with Gasteiger partial charge in [0.05, 0.1) is 7.11 Å². The number of carbonyl (C=O) groups is 1. The van der Waals surface area contributed by atoms with Crippen LogP contribution in [0.3, 0.4) is 0 Å². The summed E-state index contributed by atoms with van der Waals surface area (Å²) in [4.78, 5) is 16.3. The molecule has 110 valence electrons. The second-order valence-corrected chi connectivity index (χ2v) is 4.72. The lowest BCUT2D eigenvalue weighted by Gasteiger charge is -2.02. The highest BCUT2D eigenvalue weighted by Gasteiger charge is 2.20. The summed E-state index contributed by atoms with van der Waals surface area (Å²) < 4.78 is 18.0. The van der Waals surface area contributed by atoms with E-state index < -0.39 is 0 Å². The highest BCUT2D eigenvalue weighted by molar-refractivity contribution is 6.19. The Kier molecular flexibility index (Phi) is 3.70. The maximum Gasteiger partial charge on any atom is 0.275 e. The average Bonchev–Trinajstić information content (AvgIpc) is 2.91. The van der Waals surface area contributed by atoms with Crippen LogP contribution in [-0.2, 0) is 4.79 Å². The van der Waals surface area contributed by atoms with Crippen LogP contribution in [0.25, 0.3) is 6.08 Å². The number of halogens is 1. The van der Waals surface area contributed by atoms with Gasteiger partial charge in [0.2, 0.25) is 0 Å². The number of amides is 1. The Morgan fingerprint density at radius 1 is 1.09 bits per heavy atom. The molecule has 1 heterocycles. The van der Waals surface area contributed by atoms with Crippen molar-refractivity contribution in [2.75, 3.05) is 7.11 Å². The third-order valence-corrected chi connectivity index (χ3v) is 3.23. The number of methoxy groups -OCH3 is 1. The van der Waals surface area contributed by atoms with Crippen molar-refractivity contribution >= 4 is 17.8 Å². The van der Waals surface area contributed by atoms with E-state index in [2.05, 4.69) is 10.3 Å². The number of benzene rings is 2. The first-order valence-corrected chi connectivity index (χ1v) is 6.67. The van der Waals surface area contributed by atoms with Crippen LogP contribution in [0, 0.1) is 5.82 Å². The maximum atomic E-state index is 12.9. The van der Waals surface area contributed by atoms with Crippen LogP contribution in [0.5, 0.6) is 5.75 Å². The van der Waals surface area contributed by atoms with Gasteiger partial charge >= 0.3 is 0 Å². The minimum Gasteiger partial charge on any atom is -0.497 e. The van der Waals surface area contributed by atoms with E-state index in [4.69, 9.17) is 4.74 Å². The third kappa shape index (κ3) is 2.88. The predicted octanol–water partition coefficient (Wildman–Crippen LogP) is 2.75. The molecule has 5 heteroatoms. The van der Waals surface area contributed by atoms with Crippen molar-refractivity contribution < 1.29 is 13.9 Å². The van der Waals surface area contributed by atoms with E-state index >= 15 is 0 Å². The molecule has 0 fully saturated rings. The summed E-state index contributed by atoms with van der Waals surface area (Å²) in [6.45, 7) is 0. The summed E-state index contributed by atoms with van der Waals surface area (Å²) in [7, 11) is 1.59. The molecule has 4 nitrogen and oxygen atoms in total. The van der Waals surface area contributed by atoms with Crippen molar-refractivity contribution in [3.63, 3.8) is 0 Å². The lowest BCUT2D eigenvalue weighted by molar-refractivity contribution is -0.115. The lowest BCUT2D eigenvalue weighted by Crippen LogP contribution is -2.24. The van der Waals surface area contributed by atoms with Gasteiger partial charge in [-0.3, -0.25) is 4.79 Å². The Labute approximate surface area is 127 Å². The maximum absolute atomic E-state index is 12.9. The molecule has 0 radical (unpaired) electrons. The van der Waals surface area contributed by atoms with E-state index in [9.17, 15) is 9.18 Å². The predicted molar refractivity (Wildman–Crippen MR) is 82.1 cm³/mol. The third-order valence-electron chi connectivity index (χ3n) is 3.23. The van der Waals surface area contributed by atoms with Gasteiger partial charge in [-0.05, 0) is 48.0 Å². The summed E-state index contributed by atoms with van der Waals surface area (Å²) in [6, 6.07) is 13.1. The molecule has 22 heavy (non-hydrogen) atoms. The quantitative estimate of drug-likeness (QED) is 0.885. The number of rotatable bonds is 3. The van der Waals surface area contributed by atoms with Gasteiger partial charge in [0.15, 0.2) is 0 Å². The van der Waals surface area contributed by atoms with Crippen LogP contribution >= 0.6 is 0 Å². The van der Waals surface area contributed by atoms with Gasteiger partial charge in [0.1, 0.15) is 23.1 Å². The molecule has 2 aromatic carbocycles. The SMILES string of the molecule is COc1ccc(C2=N/C(=C/c3ccc(F)cc3)C(=O)N2)cc1. The zero-order valence-electron chi connectivity index (χ0n) is 11.8. The first-order chi connectivity index (χ1) is 10.7. The summed E-state index contributed by atoms with van der Waals surface area (Å²) in [5.74, 6) is 0.618. The van der Waals surface area contributed by atoms with Gasteiger partial charge in [0, 0.05) is 5.56 Å². The normalized spacial score (nSPS) is 15.6. The summed E-state index contributed by atoms with van der Waals surface area (Å²) in [5.41, 5.74) is 1.79. The van der Waals surface area contributed by atoms with Crippen LogP contribution in [0.4, 0.5) is 4.39 Å². The van der Waals surface area contributed by atoms with Gasteiger partial charge in [-0.15, -0.1) is 0 Å². The average molecular weight is 296 g/mol.